The van der Waals surface area contributed by atoms with Gasteiger partial charge < -0.3 is 9.52 Å². The number of aromatic nitrogens is 7. The summed E-state index contributed by atoms with van der Waals surface area (Å²) in [4.78, 5) is 7.92. The summed E-state index contributed by atoms with van der Waals surface area (Å²) in [6.45, 7) is -0.113. The van der Waals surface area contributed by atoms with Gasteiger partial charge in [-0.25, -0.2) is 9.97 Å². The van der Waals surface area contributed by atoms with E-state index < -0.39 is 17.8 Å². The molecule has 1 N–H and O–H groups in total. The Kier molecular flexibility index (Phi) is 4.63. The lowest BCUT2D eigenvalue weighted by molar-refractivity contribution is -0.290. The van der Waals surface area contributed by atoms with Crippen LogP contribution < -0.4 is 0 Å². The molecule has 0 bridgehead atoms. The third-order valence-corrected chi connectivity index (χ3v) is 4.90. The van der Waals surface area contributed by atoms with E-state index in [1.54, 1.807) is 6.07 Å². The number of imidazole rings is 1. The van der Waals surface area contributed by atoms with Gasteiger partial charge >= 0.3 is 12.1 Å². The monoisotopic (exact) mass is 465 g/mol. The van der Waals surface area contributed by atoms with E-state index in [2.05, 4.69) is 25.3 Å². The van der Waals surface area contributed by atoms with Crippen molar-refractivity contribution in [2.45, 2.75) is 18.6 Å². The Hall–Kier alpha value is -3.94. The molecule has 5 aromatic rings. The summed E-state index contributed by atoms with van der Waals surface area (Å²) in [6.07, 6.45) is -1.97. The zero-order valence-electron chi connectivity index (χ0n) is 16.3. The van der Waals surface area contributed by atoms with E-state index >= 15 is 0 Å². The number of aliphatic hydroxyl groups excluding tert-OH is 1. The predicted octanol–water partition coefficient (Wildman–Crippen LogP) is 3.44. The molecule has 5 aromatic heterocycles. The standard InChI is InChI=1S/C19H12F5N7O2/c20-18(21,19(22,23)24)14-7-11(12-3-4-30(29-12)5-6-32)10-1-2-15-26-13(17-28-25-9-33-17)8-31(15)16(10)27-14/h1-4,7-9,32H,5-6H2. The molecule has 0 amide bonds. The smallest absolute Gasteiger partial charge is 0.422 e. The largest absolute Gasteiger partial charge is 0.459 e. The minimum Gasteiger partial charge on any atom is -0.422 e. The lowest BCUT2D eigenvalue weighted by Crippen LogP contribution is -2.34. The second-order valence-corrected chi connectivity index (χ2v) is 6.98. The number of nitrogens with zero attached hydrogens (tertiary/aromatic N) is 7. The van der Waals surface area contributed by atoms with Crippen molar-refractivity contribution in [3.8, 4) is 22.8 Å². The molecule has 0 saturated heterocycles. The number of rotatable bonds is 5. The van der Waals surface area contributed by atoms with Crippen LogP contribution in [0.4, 0.5) is 22.0 Å². The quantitative estimate of drug-likeness (QED) is 0.396. The van der Waals surface area contributed by atoms with Crippen molar-refractivity contribution < 1.29 is 31.5 Å². The predicted molar refractivity (Wildman–Crippen MR) is 102 cm³/mol. The fourth-order valence-electron chi connectivity index (χ4n) is 3.37. The van der Waals surface area contributed by atoms with Gasteiger partial charge in [0.05, 0.1) is 18.8 Å². The number of fused-ring (bicyclic) bond motifs is 3. The van der Waals surface area contributed by atoms with Crippen LogP contribution in [0.15, 0.2) is 47.5 Å². The Labute approximate surface area is 180 Å². The fraction of sp³-hybridized carbons (Fsp3) is 0.211. The van der Waals surface area contributed by atoms with Gasteiger partial charge in [0.2, 0.25) is 6.39 Å². The van der Waals surface area contributed by atoms with Crippen LogP contribution in [0, 0.1) is 0 Å². The van der Waals surface area contributed by atoms with Crippen LogP contribution in [0.1, 0.15) is 5.69 Å². The number of alkyl halides is 5. The van der Waals surface area contributed by atoms with Gasteiger partial charge in [-0.15, -0.1) is 10.2 Å². The minimum atomic E-state index is -5.86. The van der Waals surface area contributed by atoms with Gasteiger partial charge in [-0.2, -0.15) is 27.1 Å². The Morgan fingerprint density at radius 3 is 2.55 bits per heavy atom. The van der Waals surface area contributed by atoms with Crippen LogP contribution in [0.25, 0.3) is 39.5 Å². The lowest BCUT2D eigenvalue weighted by Gasteiger charge is -2.20. The molecule has 0 unspecified atom stereocenters. The number of hydrogen-bond donors (Lipinski definition) is 1. The molecule has 0 spiro atoms. The van der Waals surface area contributed by atoms with Crippen molar-refractivity contribution in [3.63, 3.8) is 0 Å². The molecule has 0 aliphatic carbocycles. The summed E-state index contributed by atoms with van der Waals surface area (Å²) >= 11 is 0. The SMILES string of the molecule is OCCn1ccc(-c2cc(C(F)(F)C(F)(F)F)nc3c2ccc2nc(-c4nnco4)cn23)n1. The highest BCUT2D eigenvalue weighted by Gasteiger charge is 2.60. The van der Waals surface area contributed by atoms with E-state index in [9.17, 15) is 22.0 Å². The molecule has 0 aliphatic rings. The lowest BCUT2D eigenvalue weighted by atomic mass is 10.0. The first kappa shape index (κ1) is 20.9. The van der Waals surface area contributed by atoms with Crippen molar-refractivity contribution in [3.05, 3.63) is 48.7 Å². The van der Waals surface area contributed by atoms with Gasteiger partial charge in [0.15, 0.2) is 0 Å². The van der Waals surface area contributed by atoms with Crippen molar-refractivity contribution >= 4 is 16.7 Å². The van der Waals surface area contributed by atoms with E-state index in [1.807, 2.05) is 0 Å². The number of aliphatic hydroxyl groups is 1. The fourth-order valence-corrected chi connectivity index (χ4v) is 3.37. The third kappa shape index (κ3) is 3.38. The topological polar surface area (TPSA) is 107 Å². The molecule has 0 aromatic carbocycles. The first-order valence-corrected chi connectivity index (χ1v) is 9.38. The Balaban J connectivity index is 1.81. The maximum atomic E-state index is 14.3. The zero-order chi connectivity index (χ0) is 23.4. The van der Waals surface area contributed by atoms with E-state index in [0.717, 1.165) is 6.39 Å². The van der Waals surface area contributed by atoms with E-state index in [4.69, 9.17) is 9.52 Å². The molecule has 9 nitrogen and oxygen atoms in total. The van der Waals surface area contributed by atoms with Gasteiger partial charge in [-0.3, -0.25) is 9.08 Å². The highest BCUT2D eigenvalue weighted by Crippen LogP contribution is 2.45. The minimum absolute atomic E-state index is 0.00514. The number of halogens is 5. The summed E-state index contributed by atoms with van der Waals surface area (Å²) < 4.78 is 75.9. The molecular formula is C19H12F5N7O2. The summed E-state index contributed by atoms with van der Waals surface area (Å²) in [5.74, 6) is -5.19. The van der Waals surface area contributed by atoms with Gasteiger partial charge in [0, 0.05) is 23.3 Å². The molecule has 0 atom stereocenters. The van der Waals surface area contributed by atoms with Crippen LogP contribution in [-0.4, -0.2) is 52.2 Å². The zero-order valence-corrected chi connectivity index (χ0v) is 16.3. The molecular weight excluding hydrogens is 453 g/mol. The highest BCUT2D eigenvalue weighted by molar-refractivity contribution is 5.93. The van der Waals surface area contributed by atoms with Gasteiger partial charge in [0.25, 0.3) is 5.89 Å². The first-order valence-electron chi connectivity index (χ1n) is 9.38. The molecule has 5 rings (SSSR count). The van der Waals surface area contributed by atoms with Crippen LogP contribution in [0.2, 0.25) is 0 Å². The molecule has 0 fully saturated rings. The molecule has 0 aliphatic heterocycles. The van der Waals surface area contributed by atoms with Crippen LogP contribution in [-0.2, 0) is 12.5 Å². The second-order valence-electron chi connectivity index (χ2n) is 6.98. The summed E-state index contributed by atoms with van der Waals surface area (Å²) in [5, 5.41) is 20.8. The molecule has 5 heterocycles. The van der Waals surface area contributed by atoms with Gasteiger partial charge in [-0.05, 0) is 24.3 Å². The average Bonchev–Trinajstić information content (AvgIpc) is 3.52. The van der Waals surface area contributed by atoms with Crippen molar-refractivity contribution in [2.75, 3.05) is 6.61 Å². The summed E-state index contributed by atoms with van der Waals surface area (Å²) in [7, 11) is 0. The third-order valence-electron chi connectivity index (χ3n) is 4.90. The van der Waals surface area contributed by atoms with E-state index in [1.165, 1.54) is 33.6 Å². The highest BCUT2D eigenvalue weighted by atomic mass is 19.4. The Bertz CT molecular complexity index is 1460. The molecule has 14 heteroatoms. The summed E-state index contributed by atoms with van der Waals surface area (Å²) in [6, 6.07) is 5.16. The summed E-state index contributed by atoms with van der Waals surface area (Å²) in [5.41, 5.74) is -1.15. The van der Waals surface area contributed by atoms with E-state index in [0.29, 0.717) is 6.07 Å². The van der Waals surface area contributed by atoms with Gasteiger partial charge in [0.1, 0.15) is 22.7 Å². The molecule has 33 heavy (non-hydrogen) atoms. The molecule has 0 saturated carbocycles. The maximum Gasteiger partial charge on any atom is 0.459 e. The van der Waals surface area contributed by atoms with E-state index in [-0.39, 0.29) is 52.7 Å². The molecule has 0 radical (unpaired) electrons. The van der Waals surface area contributed by atoms with Crippen molar-refractivity contribution in [2.24, 2.45) is 0 Å². The molecule has 170 valence electrons. The van der Waals surface area contributed by atoms with Crippen LogP contribution in [0.5, 0.6) is 0 Å². The number of pyridine rings is 2. The van der Waals surface area contributed by atoms with Crippen LogP contribution >= 0.6 is 0 Å². The van der Waals surface area contributed by atoms with Gasteiger partial charge in [-0.1, -0.05) is 0 Å². The van der Waals surface area contributed by atoms with Crippen LogP contribution in [0.3, 0.4) is 0 Å². The first-order chi connectivity index (χ1) is 15.7. The van der Waals surface area contributed by atoms with Crippen molar-refractivity contribution in [1.82, 2.24) is 34.3 Å². The number of hydrogen-bond acceptors (Lipinski definition) is 7. The Morgan fingerprint density at radius 2 is 1.85 bits per heavy atom. The van der Waals surface area contributed by atoms with Crippen molar-refractivity contribution in [1.29, 1.82) is 0 Å². The Morgan fingerprint density at radius 1 is 1.03 bits per heavy atom. The maximum absolute atomic E-state index is 14.3. The second kappa shape index (κ2) is 7.30. The average molecular weight is 465 g/mol. The normalized spacial score (nSPS) is 12.8.